The van der Waals surface area contributed by atoms with Gasteiger partial charge in [0.1, 0.15) is 0 Å². The summed E-state index contributed by atoms with van der Waals surface area (Å²) in [4.78, 5) is 0. The van der Waals surface area contributed by atoms with E-state index in [9.17, 15) is 5.11 Å². The molecule has 0 spiro atoms. The van der Waals surface area contributed by atoms with Crippen LogP contribution in [-0.4, -0.2) is 11.7 Å². The molecule has 0 fully saturated rings. The van der Waals surface area contributed by atoms with E-state index in [0.717, 1.165) is 5.56 Å². The Bertz CT molecular complexity index is 301. The molecule has 0 aliphatic carbocycles. The maximum atomic E-state index is 10.1. The number of hydrogen-bond acceptors (Lipinski definition) is 2. The van der Waals surface area contributed by atoms with Crippen LogP contribution in [-0.2, 0) is 5.60 Å². The van der Waals surface area contributed by atoms with Crippen LogP contribution in [0.15, 0.2) is 24.3 Å². The van der Waals surface area contributed by atoms with E-state index in [2.05, 4.69) is 26.0 Å². The first-order valence-corrected chi connectivity index (χ1v) is 5.50. The molecule has 84 valence electrons. The fourth-order valence-corrected chi connectivity index (χ4v) is 1.65. The Hall–Kier alpha value is -0.860. The number of aliphatic hydroxyl groups is 1. The maximum absolute atomic E-state index is 10.1. The van der Waals surface area contributed by atoms with Gasteiger partial charge < -0.3 is 10.8 Å². The van der Waals surface area contributed by atoms with E-state index in [1.165, 1.54) is 5.56 Å². The minimum atomic E-state index is -0.801. The van der Waals surface area contributed by atoms with Crippen molar-refractivity contribution >= 4 is 0 Å². The fraction of sp³-hybridized carbons (Fsp3) is 0.538. The lowest BCUT2D eigenvalue weighted by Gasteiger charge is -2.23. The van der Waals surface area contributed by atoms with Crippen molar-refractivity contribution in [1.82, 2.24) is 0 Å². The van der Waals surface area contributed by atoms with E-state index in [4.69, 9.17) is 5.73 Å². The molecule has 1 aromatic carbocycles. The Morgan fingerprint density at radius 1 is 1.27 bits per heavy atom. The Morgan fingerprint density at radius 2 is 1.80 bits per heavy atom. The molecule has 15 heavy (non-hydrogen) atoms. The summed E-state index contributed by atoms with van der Waals surface area (Å²) in [5.41, 5.74) is 6.90. The summed E-state index contributed by atoms with van der Waals surface area (Å²) in [6.07, 6.45) is 0.591. The summed E-state index contributed by atoms with van der Waals surface area (Å²) in [6.45, 7) is 6.63. The predicted octanol–water partition coefficient (Wildman–Crippen LogP) is 2.37. The quantitative estimate of drug-likeness (QED) is 0.796. The Labute approximate surface area is 92.1 Å². The lowest BCUT2D eigenvalue weighted by Crippen LogP contribution is -2.24. The number of nitrogens with two attached hydrogens (primary N) is 1. The first-order chi connectivity index (χ1) is 6.97. The molecule has 1 aromatic rings. The van der Waals surface area contributed by atoms with E-state index in [0.29, 0.717) is 18.9 Å². The fourth-order valence-electron chi connectivity index (χ4n) is 1.65. The molecule has 1 unspecified atom stereocenters. The van der Waals surface area contributed by atoms with E-state index in [1.54, 1.807) is 0 Å². The van der Waals surface area contributed by atoms with Crippen molar-refractivity contribution in [2.75, 3.05) is 6.54 Å². The summed E-state index contributed by atoms with van der Waals surface area (Å²) >= 11 is 0. The zero-order valence-electron chi connectivity index (χ0n) is 9.83. The average molecular weight is 207 g/mol. The van der Waals surface area contributed by atoms with Gasteiger partial charge in [-0.05, 0) is 36.9 Å². The summed E-state index contributed by atoms with van der Waals surface area (Å²) in [5, 5.41) is 10.1. The van der Waals surface area contributed by atoms with Gasteiger partial charge in [0.25, 0.3) is 0 Å². The highest BCUT2D eigenvalue weighted by molar-refractivity contribution is 5.28. The largest absolute Gasteiger partial charge is 0.385 e. The summed E-state index contributed by atoms with van der Waals surface area (Å²) < 4.78 is 0. The molecule has 0 aliphatic rings. The molecular weight excluding hydrogens is 186 g/mol. The second kappa shape index (κ2) is 4.77. The first kappa shape index (κ1) is 12.2. The lowest BCUT2D eigenvalue weighted by molar-refractivity contribution is 0.0504. The minimum absolute atomic E-state index is 0.499. The normalized spacial score (nSPS) is 15.3. The maximum Gasteiger partial charge on any atom is 0.0880 e. The predicted molar refractivity (Wildman–Crippen MR) is 63.8 cm³/mol. The molecule has 0 saturated carbocycles. The summed E-state index contributed by atoms with van der Waals surface area (Å²) in [6, 6.07) is 8.13. The highest BCUT2D eigenvalue weighted by Gasteiger charge is 2.21. The molecule has 2 heteroatoms. The van der Waals surface area contributed by atoms with Crippen LogP contribution in [0.2, 0.25) is 0 Å². The van der Waals surface area contributed by atoms with Crippen molar-refractivity contribution < 1.29 is 5.11 Å². The van der Waals surface area contributed by atoms with Crippen LogP contribution in [0.4, 0.5) is 0 Å². The van der Waals surface area contributed by atoms with Gasteiger partial charge in [-0.1, -0.05) is 38.1 Å². The Kier molecular flexibility index (Phi) is 3.89. The second-order valence-corrected chi connectivity index (χ2v) is 4.59. The SMILES string of the molecule is CC(C)c1ccc(C(C)(O)CCN)cc1. The van der Waals surface area contributed by atoms with E-state index in [1.807, 2.05) is 19.1 Å². The number of rotatable bonds is 4. The van der Waals surface area contributed by atoms with Crippen LogP contribution < -0.4 is 5.73 Å². The van der Waals surface area contributed by atoms with Crippen LogP contribution in [0.25, 0.3) is 0 Å². The van der Waals surface area contributed by atoms with Gasteiger partial charge in [0.2, 0.25) is 0 Å². The molecule has 2 nitrogen and oxygen atoms in total. The van der Waals surface area contributed by atoms with Crippen LogP contribution in [0.3, 0.4) is 0 Å². The lowest BCUT2D eigenvalue weighted by atomic mass is 9.90. The van der Waals surface area contributed by atoms with Gasteiger partial charge in [0.15, 0.2) is 0 Å². The molecule has 0 saturated heterocycles. The van der Waals surface area contributed by atoms with E-state index >= 15 is 0 Å². The van der Waals surface area contributed by atoms with Crippen LogP contribution in [0.5, 0.6) is 0 Å². The monoisotopic (exact) mass is 207 g/mol. The molecular formula is C13H21NO. The van der Waals surface area contributed by atoms with Gasteiger partial charge in [0.05, 0.1) is 5.60 Å². The molecule has 1 atom stereocenters. The van der Waals surface area contributed by atoms with Crippen LogP contribution in [0, 0.1) is 0 Å². The van der Waals surface area contributed by atoms with E-state index in [-0.39, 0.29) is 0 Å². The van der Waals surface area contributed by atoms with Gasteiger partial charge in [0, 0.05) is 0 Å². The van der Waals surface area contributed by atoms with Gasteiger partial charge in [-0.2, -0.15) is 0 Å². The van der Waals surface area contributed by atoms with Gasteiger partial charge in [-0.3, -0.25) is 0 Å². The van der Waals surface area contributed by atoms with Gasteiger partial charge >= 0.3 is 0 Å². The van der Waals surface area contributed by atoms with Crippen LogP contribution in [0.1, 0.15) is 44.2 Å². The van der Waals surface area contributed by atoms with Crippen LogP contribution >= 0.6 is 0 Å². The second-order valence-electron chi connectivity index (χ2n) is 4.59. The molecule has 1 rings (SSSR count). The minimum Gasteiger partial charge on any atom is -0.385 e. The Balaban J connectivity index is 2.88. The van der Waals surface area contributed by atoms with Crippen molar-refractivity contribution in [2.45, 2.75) is 38.7 Å². The standard InChI is InChI=1S/C13H21NO/c1-10(2)11-4-6-12(7-5-11)13(3,15)8-9-14/h4-7,10,15H,8-9,14H2,1-3H3. The molecule has 3 N–H and O–H groups in total. The van der Waals surface area contributed by atoms with Crippen molar-refractivity contribution in [1.29, 1.82) is 0 Å². The number of benzene rings is 1. The average Bonchev–Trinajstić information content (AvgIpc) is 2.18. The third kappa shape index (κ3) is 3.05. The smallest absolute Gasteiger partial charge is 0.0880 e. The van der Waals surface area contributed by atoms with Crippen molar-refractivity contribution in [3.63, 3.8) is 0 Å². The molecule has 0 aromatic heterocycles. The van der Waals surface area contributed by atoms with E-state index < -0.39 is 5.60 Å². The third-order valence-corrected chi connectivity index (χ3v) is 2.83. The molecule has 0 amide bonds. The zero-order chi connectivity index (χ0) is 11.5. The first-order valence-electron chi connectivity index (χ1n) is 5.50. The molecule has 0 heterocycles. The zero-order valence-corrected chi connectivity index (χ0v) is 9.83. The summed E-state index contributed by atoms with van der Waals surface area (Å²) in [7, 11) is 0. The van der Waals surface area contributed by atoms with Crippen molar-refractivity contribution in [3.05, 3.63) is 35.4 Å². The Morgan fingerprint density at radius 3 is 2.20 bits per heavy atom. The van der Waals surface area contributed by atoms with Gasteiger partial charge in [-0.25, -0.2) is 0 Å². The topological polar surface area (TPSA) is 46.2 Å². The number of hydrogen-bond donors (Lipinski definition) is 2. The molecule has 0 bridgehead atoms. The molecule has 0 radical (unpaired) electrons. The van der Waals surface area contributed by atoms with Crippen molar-refractivity contribution in [3.8, 4) is 0 Å². The highest BCUT2D eigenvalue weighted by atomic mass is 16.3. The van der Waals surface area contributed by atoms with Gasteiger partial charge in [-0.15, -0.1) is 0 Å². The molecule has 0 aliphatic heterocycles. The third-order valence-electron chi connectivity index (χ3n) is 2.83. The highest BCUT2D eigenvalue weighted by Crippen LogP contribution is 2.25. The summed E-state index contributed by atoms with van der Waals surface area (Å²) in [5.74, 6) is 0.526. The van der Waals surface area contributed by atoms with Crippen molar-refractivity contribution in [2.24, 2.45) is 5.73 Å².